The highest BCUT2D eigenvalue weighted by molar-refractivity contribution is 5.81. The molecule has 1 heterocycles. The number of hydrogen-bond donors (Lipinski definition) is 1. The molecule has 0 spiro atoms. The van der Waals surface area contributed by atoms with E-state index in [2.05, 4.69) is 55.4 Å². The van der Waals surface area contributed by atoms with E-state index < -0.39 is 0 Å². The number of benzene rings is 1. The molecule has 0 fully saturated rings. The summed E-state index contributed by atoms with van der Waals surface area (Å²) < 4.78 is 3.52. The van der Waals surface area contributed by atoms with Gasteiger partial charge in [-0.1, -0.05) is 0 Å². The largest absolute Gasteiger partial charge is 0.383 e. The van der Waals surface area contributed by atoms with Gasteiger partial charge in [-0.15, -0.1) is 0 Å². The molecule has 0 bridgehead atoms. The Balaban J connectivity index is 2.99. The smallest absolute Gasteiger partial charge is 0.276 e. The maximum absolute atomic E-state index is 12.9. The van der Waals surface area contributed by atoms with Crippen molar-refractivity contribution in [3.05, 3.63) is 38.2 Å². The molecule has 2 aromatic rings. The molecule has 4 nitrogen and oxygen atoms in total. The summed E-state index contributed by atoms with van der Waals surface area (Å²) in [6.45, 7) is 16.7. The molecular formula is C19H29N3O. The Hall–Kier alpha value is -1.97. The van der Waals surface area contributed by atoms with Gasteiger partial charge >= 0.3 is 0 Å². The minimum atomic E-state index is -0.257. The number of rotatable bonds is 1. The van der Waals surface area contributed by atoms with Crippen molar-refractivity contribution in [3.63, 3.8) is 0 Å². The summed E-state index contributed by atoms with van der Waals surface area (Å²) in [6, 6.07) is 0. The van der Waals surface area contributed by atoms with Gasteiger partial charge < -0.3 is 5.73 Å². The van der Waals surface area contributed by atoms with E-state index in [1.165, 1.54) is 16.7 Å². The number of aromatic nitrogens is 2. The predicted octanol–water partition coefficient (Wildman–Crippen LogP) is 3.73. The van der Waals surface area contributed by atoms with Crippen molar-refractivity contribution >= 4 is 5.82 Å². The fourth-order valence-corrected chi connectivity index (χ4v) is 3.55. The van der Waals surface area contributed by atoms with E-state index in [9.17, 15) is 4.79 Å². The van der Waals surface area contributed by atoms with Crippen LogP contribution in [-0.4, -0.2) is 9.36 Å². The van der Waals surface area contributed by atoms with E-state index in [0.29, 0.717) is 11.4 Å². The molecule has 0 radical (unpaired) electrons. The van der Waals surface area contributed by atoms with Crippen LogP contribution in [0.5, 0.6) is 0 Å². The van der Waals surface area contributed by atoms with Crippen molar-refractivity contribution < 1.29 is 0 Å². The van der Waals surface area contributed by atoms with Gasteiger partial charge in [-0.05, 0) is 88.8 Å². The monoisotopic (exact) mass is 315 g/mol. The topological polar surface area (TPSA) is 52.9 Å². The first-order chi connectivity index (χ1) is 10.4. The molecule has 0 aliphatic rings. The fraction of sp³-hybridized carbons (Fsp3) is 0.526. The first kappa shape index (κ1) is 17.4. The summed E-state index contributed by atoms with van der Waals surface area (Å²) in [5.41, 5.74) is 13.8. The Bertz CT molecular complexity index is 816. The van der Waals surface area contributed by atoms with Crippen molar-refractivity contribution in [2.45, 2.75) is 60.9 Å². The number of hydrogen-bond acceptors (Lipinski definition) is 2. The molecule has 1 aromatic heterocycles. The van der Waals surface area contributed by atoms with Gasteiger partial charge in [0.2, 0.25) is 0 Å². The summed E-state index contributed by atoms with van der Waals surface area (Å²) in [4.78, 5) is 12.9. The Labute approximate surface area is 138 Å². The third-order valence-corrected chi connectivity index (χ3v) is 5.18. The van der Waals surface area contributed by atoms with Crippen molar-refractivity contribution in [1.29, 1.82) is 0 Å². The third-order valence-electron chi connectivity index (χ3n) is 5.18. The van der Waals surface area contributed by atoms with Gasteiger partial charge in [-0.25, -0.2) is 0 Å². The maximum Gasteiger partial charge on any atom is 0.276 e. The zero-order valence-electron chi connectivity index (χ0n) is 15.9. The Morgan fingerprint density at radius 2 is 1.17 bits per heavy atom. The molecule has 0 amide bonds. The third kappa shape index (κ3) is 2.41. The van der Waals surface area contributed by atoms with Crippen LogP contribution < -0.4 is 11.3 Å². The Morgan fingerprint density at radius 1 is 0.783 bits per heavy atom. The molecule has 23 heavy (non-hydrogen) atoms. The van der Waals surface area contributed by atoms with Crippen LogP contribution in [0.1, 0.15) is 48.6 Å². The van der Waals surface area contributed by atoms with Gasteiger partial charge in [0.25, 0.3) is 5.56 Å². The zero-order valence-corrected chi connectivity index (χ0v) is 15.9. The highest BCUT2D eigenvalue weighted by Crippen LogP contribution is 2.36. The second kappa shape index (κ2) is 5.29. The minimum Gasteiger partial charge on any atom is -0.383 e. The quantitative estimate of drug-likeness (QED) is 0.871. The predicted molar refractivity (Wildman–Crippen MR) is 98.2 cm³/mol. The van der Waals surface area contributed by atoms with Crippen LogP contribution in [-0.2, 0) is 12.6 Å². The fourth-order valence-electron chi connectivity index (χ4n) is 3.55. The lowest BCUT2D eigenvalue weighted by atomic mass is 9.87. The molecule has 0 atom stereocenters. The van der Waals surface area contributed by atoms with Gasteiger partial charge in [0.15, 0.2) is 0 Å². The first-order valence-corrected chi connectivity index (χ1v) is 8.06. The second-order valence-electron chi connectivity index (χ2n) is 7.57. The molecule has 1 aromatic carbocycles. The van der Waals surface area contributed by atoms with Crippen molar-refractivity contribution in [3.8, 4) is 11.1 Å². The molecule has 4 heteroatoms. The van der Waals surface area contributed by atoms with E-state index in [-0.39, 0.29) is 11.1 Å². The Morgan fingerprint density at radius 3 is 1.52 bits per heavy atom. The summed E-state index contributed by atoms with van der Waals surface area (Å²) in [5.74, 6) is 0.541. The Kier molecular flexibility index (Phi) is 4.00. The maximum atomic E-state index is 12.9. The lowest BCUT2D eigenvalue weighted by Gasteiger charge is -2.25. The van der Waals surface area contributed by atoms with Crippen molar-refractivity contribution in [2.75, 3.05) is 5.73 Å². The molecule has 2 rings (SSSR count). The van der Waals surface area contributed by atoms with Crippen molar-refractivity contribution in [2.24, 2.45) is 7.05 Å². The van der Waals surface area contributed by atoms with Crippen LogP contribution in [0, 0.1) is 34.6 Å². The van der Waals surface area contributed by atoms with Crippen LogP contribution in [0.25, 0.3) is 11.1 Å². The molecular weight excluding hydrogens is 286 g/mol. The lowest BCUT2D eigenvalue weighted by molar-refractivity contribution is 0.313. The summed E-state index contributed by atoms with van der Waals surface area (Å²) in [6.07, 6.45) is 0. The standard InChI is InChI=1S/C19H29N3O/c1-10-11(2)13(4)15(14(5)12(10)3)16-17(20)22(19(6,7)8)21(9)18(16)23/h20H2,1-9H3. The van der Waals surface area contributed by atoms with E-state index in [1.807, 2.05) is 4.68 Å². The van der Waals surface area contributed by atoms with E-state index >= 15 is 0 Å². The van der Waals surface area contributed by atoms with E-state index in [0.717, 1.165) is 16.7 Å². The van der Waals surface area contributed by atoms with E-state index in [1.54, 1.807) is 11.7 Å². The van der Waals surface area contributed by atoms with Crippen LogP contribution in [0.4, 0.5) is 5.82 Å². The van der Waals surface area contributed by atoms with Gasteiger partial charge in [-0.3, -0.25) is 14.2 Å². The average Bonchev–Trinajstić information content (AvgIpc) is 2.66. The zero-order chi connectivity index (χ0) is 17.9. The first-order valence-electron chi connectivity index (χ1n) is 8.06. The summed E-state index contributed by atoms with van der Waals surface area (Å²) in [7, 11) is 1.78. The highest BCUT2D eigenvalue weighted by atomic mass is 16.1. The highest BCUT2D eigenvalue weighted by Gasteiger charge is 2.27. The van der Waals surface area contributed by atoms with Gasteiger partial charge in [0.05, 0.1) is 11.1 Å². The number of nitrogen functional groups attached to an aromatic ring is 1. The molecule has 126 valence electrons. The van der Waals surface area contributed by atoms with Crippen LogP contribution in [0.2, 0.25) is 0 Å². The lowest BCUT2D eigenvalue weighted by Crippen LogP contribution is -2.32. The molecule has 0 saturated carbocycles. The van der Waals surface area contributed by atoms with E-state index in [4.69, 9.17) is 5.73 Å². The summed E-state index contributed by atoms with van der Waals surface area (Å²) in [5, 5.41) is 0. The van der Waals surface area contributed by atoms with Gasteiger partial charge in [0, 0.05) is 7.05 Å². The van der Waals surface area contributed by atoms with Crippen LogP contribution in [0.3, 0.4) is 0 Å². The molecule has 0 saturated heterocycles. The molecule has 0 aliphatic heterocycles. The normalized spacial score (nSPS) is 12.0. The average molecular weight is 315 g/mol. The number of nitrogens with zero attached hydrogens (tertiary/aromatic N) is 2. The van der Waals surface area contributed by atoms with Gasteiger partial charge in [-0.2, -0.15) is 0 Å². The number of nitrogens with two attached hydrogens (primary N) is 1. The number of anilines is 1. The molecule has 2 N–H and O–H groups in total. The second-order valence-corrected chi connectivity index (χ2v) is 7.57. The molecule has 0 unspecified atom stereocenters. The molecule has 0 aliphatic carbocycles. The van der Waals surface area contributed by atoms with Crippen LogP contribution >= 0.6 is 0 Å². The van der Waals surface area contributed by atoms with Crippen molar-refractivity contribution in [1.82, 2.24) is 9.36 Å². The SMILES string of the molecule is Cc1c(C)c(C)c(-c2c(N)n(C(C)(C)C)n(C)c2=O)c(C)c1C. The van der Waals surface area contributed by atoms with Crippen LogP contribution in [0.15, 0.2) is 4.79 Å². The van der Waals surface area contributed by atoms with Gasteiger partial charge in [0.1, 0.15) is 5.82 Å². The minimum absolute atomic E-state index is 0.0359. The summed E-state index contributed by atoms with van der Waals surface area (Å²) >= 11 is 0.